The predicted octanol–water partition coefficient (Wildman–Crippen LogP) is 2.09. The number of rotatable bonds is 2. The van der Waals surface area contributed by atoms with Crippen molar-refractivity contribution < 1.29 is 9.66 Å². The maximum atomic E-state index is 10.7. The Hall–Kier alpha value is -1.62. The molecule has 1 aromatic carbocycles. The Morgan fingerprint density at radius 2 is 1.85 bits per heavy atom. The Labute approximate surface area is 78.6 Å². The lowest BCUT2D eigenvalue weighted by Gasteiger charge is -2.01. The minimum atomic E-state index is -0.657. The maximum absolute atomic E-state index is 10.7. The summed E-state index contributed by atoms with van der Waals surface area (Å²) in [4.78, 5) is 9.72. The van der Waals surface area contributed by atoms with Gasteiger partial charge in [-0.2, -0.15) is 4.74 Å². The van der Waals surface area contributed by atoms with Crippen molar-refractivity contribution in [2.24, 2.45) is 0 Å². The molecule has 0 N–H and O–H groups in total. The molecule has 13 heavy (non-hydrogen) atoms. The van der Waals surface area contributed by atoms with Crippen molar-refractivity contribution >= 4 is 29.7 Å². The lowest BCUT2D eigenvalue weighted by molar-refractivity contribution is -0.387. The summed E-state index contributed by atoms with van der Waals surface area (Å²) in [5.41, 5.74) is -0.320. The van der Waals surface area contributed by atoms with Gasteiger partial charge in [-0.1, -0.05) is 11.6 Å². The number of nitrogens with zero attached hydrogens (tertiary/aromatic N) is 2. The number of benzene rings is 1. The fourth-order valence-corrected chi connectivity index (χ4v) is 1.13. The number of nitro benzene ring substituents is 1. The first-order valence-electron chi connectivity index (χ1n) is 3.24. The summed E-state index contributed by atoms with van der Waals surface area (Å²) in [5.74, 6) is 0. The van der Waals surface area contributed by atoms with E-state index in [2.05, 4.69) is 6.72 Å². The van der Waals surface area contributed by atoms with Crippen molar-refractivity contribution in [1.29, 1.82) is 0 Å². The summed E-state index contributed by atoms with van der Waals surface area (Å²) in [6, 6.07) is 3.94. The highest BCUT2D eigenvalue weighted by atomic mass is 35.5. The van der Waals surface area contributed by atoms with E-state index >= 15 is 0 Å². The van der Waals surface area contributed by atoms with Crippen LogP contribution in [0.2, 0.25) is 5.02 Å². The molecule has 0 unspecified atom stereocenters. The summed E-state index contributed by atoms with van der Waals surface area (Å²) in [5, 5.41) is 20.9. The van der Waals surface area contributed by atoms with Gasteiger partial charge < -0.3 is 5.21 Å². The minimum Gasteiger partial charge on any atom is -0.619 e. The Morgan fingerprint density at radius 1 is 1.31 bits per heavy atom. The SMILES string of the molecule is C=[N+]([O-])c1cccc([N+](=O)[O-])c1Cl. The Balaban J connectivity index is 3.35. The van der Waals surface area contributed by atoms with E-state index in [-0.39, 0.29) is 21.1 Å². The van der Waals surface area contributed by atoms with Crippen molar-refractivity contribution in [3.05, 3.63) is 38.5 Å². The van der Waals surface area contributed by atoms with E-state index in [4.69, 9.17) is 11.6 Å². The van der Waals surface area contributed by atoms with Gasteiger partial charge in [0.05, 0.1) is 4.92 Å². The van der Waals surface area contributed by atoms with Crippen LogP contribution in [0.15, 0.2) is 18.2 Å². The summed E-state index contributed by atoms with van der Waals surface area (Å²) < 4.78 is 0.231. The summed E-state index contributed by atoms with van der Waals surface area (Å²) in [6.07, 6.45) is 0. The molecule has 0 aliphatic heterocycles. The molecule has 0 spiro atoms. The van der Waals surface area contributed by atoms with Crippen LogP contribution >= 0.6 is 11.6 Å². The Bertz CT molecular complexity index is 346. The van der Waals surface area contributed by atoms with Crippen LogP contribution in [0.3, 0.4) is 0 Å². The van der Waals surface area contributed by atoms with Gasteiger partial charge in [-0.15, -0.1) is 0 Å². The maximum Gasteiger partial charge on any atom is 0.294 e. The molecule has 0 aliphatic carbocycles. The average molecular weight is 201 g/mol. The van der Waals surface area contributed by atoms with Gasteiger partial charge in [0.2, 0.25) is 5.69 Å². The zero-order chi connectivity index (χ0) is 10.0. The number of hydrogen-bond acceptors (Lipinski definition) is 3. The van der Waals surface area contributed by atoms with Crippen molar-refractivity contribution in [2.45, 2.75) is 0 Å². The third-order valence-electron chi connectivity index (χ3n) is 1.42. The fourth-order valence-electron chi connectivity index (χ4n) is 0.842. The molecule has 1 rings (SSSR count). The molecular weight excluding hydrogens is 196 g/mol. The zero-order valence-corrected chi connectivity index (χ0v) is 7.19. The van der Waals surface area contributed by atoms with Gasteiger partial charge in [0, 0.05) is 12.1 Å². The summed E-state index contributed by atoms with van der Waals surface area (Å²) >= 11 is 5.58. The van der Waals surface area contributed by atoms with E-state index in [1.807, 2.05) is 0 Å². The minimum absolute atomic E-state index is 0.0177. The van der Waals surface area contributed by atoms with Crippen molar-refractivity contribution in [3.63, 3.8) is 0 Å². The molecule has 0 saturated heterocycles. The molecule has 1 aromatic rings. The second-order valence-electron chi connectivity index (χ2n) is 2.25. The molecule has 5 nitrogen and oxygen atoms in total. The molecule has 0 radical (unpaired) electrons. The van der Waals surface area contributed by atoms with Crippen LogP contribution in [0.1, 0.15) is 0 Å². The standard InChI is InChI=1S/C7H5ClN2O3/c1-9(11)5-3-2-4-6(7(5)8)10(12)13/h2-4H,1H2. The monoisotopic (exact) mass is 200 g/mol. The highest BCUT2D eigenvalue weighted by molar-refractivity contribution is 6.34. The van der Waals surface area contributed by atoms with E-state index in [0.717, 1.165) is 0 Å². The van der Waals surface area contributed by atoms with Crippen LogP contribution in [0.4, 0.5) is 11.4 Å². The van der Waals surface area contributed by atoms with Gasteiger partial charge in [0.25, 0.3) is 5.69 Å². The quantitative estimate of drug-likeness (QED) is 0.241. The third-order valence-corrected chi connectivity index (χ3v) is 1.81. The van der Waals surface area contributed by atoms with Gasteiger partial charge in [0.15, 0.2) is 5.02 Å². The highest BCUT2D eigenvalue weighted by Crippen LogP contribution is 2.32. The van der Waals surface area contributed by atoms with Crippen LogP contribution < -0.4 is 0 Å². The number of hydrogen-bond donors (Lipinski definition) is 0. The number of nitro groups is 1. The van der Waals surface area contributed by atoms with Gasteiger partial charge >= 0.3 is 0 Å². The summed E-state index contributed by atoms with van der Waals surface area (Å²) in [7, 11) is 0. The molecule has 0 heterocycles. The molecule has 68 valence electrons. The topological polar surface area (TPSA) is 69.2 Å². The highest BCUT2D eigenvalue weighted by Gasteiger charge is 2.19. The van der Waals surface area contributed by atoms with Crippen molar-refractivity contribution in [2.75, 3.05) is 0 Å². The predicted molar refractivity (Wildman–Crippen MR) is 48.5 cm³/mol. The first kappa shape index (κ1) is 9.47. The third kappa shape index (κ3) is 1.75. The molecule has 0 saturated carbocycles. The van der Waals surface area contributed by atoms with E-state index in [0.29, 0.717) is 0 Å². The van der Waals surface area contributed by atoms with Gasteiger partial charge in [-0.05, 0) is 6.07 Å². The smallest absolute Gasteiger partial charge is 0.294 e. The molecule has 0 amide bonds. The molecule has 0 atom stereocenters. The zero-order valence-electron chi connectivity index (χ0n) is 6.44. The average Bonchev–Trinajstić information content (AvgIpc) is 2.03. The van der Waals surface area contributed by atoms with Gasteiger partial charge in [0.1, 0.15) is 6.72 Å². The van der Waals surface area contributed by atoms with Crippen LogP contribution in [-0.4, -0.2) is 16.4 Å². The molecule has 6 heteroatoms. The van der Waals surface area contributed by atoms with Crippen LogP contribution in [-0.2, 0) is 0 Å². The van der Waals surface area contributed by atoms with E-state index in [1.165, 1.54) is 18.2 Å². The van der Waals surface area contributed by atoms with Crippen molar-refractivity contribution in [3.8, 4) is 0 Å². The molecule has 0 aromatic heterocycles. The largest absolute Gasteiger partial charge is 0.619 e. The molecule has 0 bridgehead atoms. The number of halogens is 1. The van der Waals surface area contributed by atoms with Crippen LogP contribution in [0.25, 0.3) is 0 Å². The summed E-state index contributed by atoms with van der Waals surface area (Å²) in [6.45, 7) is 3.04. The Morgan fingerprint density at radius 3 is 2.31 bits per heavy atom. The van der Waals surface area contributed by atoms with Crippen LogP contribution in [0.5, 0.6) is 0 Å². The normalized spacial score (nSPS) is 9.62. The van der Waals surface area contributed by atoms with E-state index in [9.17, 15) is 15.3 Å². The van der Waals surface area contributed by atoms with Crippen LogP contribution in [0, 0.1) is 15.3 Å². The lowest BCUT2D eigenvalue weighted by Crippen LogP contribution is -1.94. The molecule has 0 fully saturated rings. The first-order valence-corrected chi connectivity index (χ1v) is 3.62. The lowest BCUT2D eigenvalue weighted by atomic mass is 10.3. The fraction of sp³-hybridized carbons (Fsp3) is 0. The van der Waals surface area contributed by atoms with E-state index < -0.39 is 4.92 Å². The van der Waals surface area contributed by atoms with Gasteiger partial charge in [-0.3, -0.25) is 10.1 Å². The van der Waals surface area contributed by atoms with Crippen molar-refractivity contribution in [1.82, 2.24) is 0 Å². The Kier molecular flexibility index (Phi) is 2.48. The van der Waals surface area contributed by atoms with Gasteiger partial charge in [-0.25, -0.2) is 0 Å². The molecular formula is C7H5ClN2O3. The molecule has 0 aliphatic rings. The second-order valence-corrected chi connectivity index (χ2v) is 2.62. The first-order chi connectivity index (χ1) is 6.04. The second kappa shape index (κ2) is 3.40. The van der Waals surface area contributed by atoms with E-state index in [1.54, 1.807) is 0 Å².